The number of benzene rings is 1. The van der Waals surface area contributed by atoms with E-state index in [9.17, 15) is 9.59 Å². The largest absolute Gasteiger partial charge is 0.348 e. The second-order valence-corrected chi connectivity index (χ2v) is 6.53. The van der Waals surface area contributed by atoms with Crippen LogP contribution in [0.5, 0.6) is 0 Å². The number of rotatable bonds is 3. The topological polar surface area (TPSA) is 65.2 Å². The molecule has 1 aromatic heterocycles. The molecule has 1 saturated heterocycles. The van der Waals surface area contributed by atoms with Gasteiger partial charge in [-0.05, 0) is 62.9 Å². The molecule has 0 bridgehead atoms. The fourth-order valence-corrected chi connectivity index (χ4v) is 3.16. The first-order chi connectivity index (χ1) is 11.0. The lowest BCUT2D eigenvalue weighted by atomic mass is 10.0. The van der Waals surface area contributed by atoms with Gasteiger partial charge in [-0.1, -0.05) is 0 Å². The van der Waals surface area contributed by atoms with E-state index in [1.165, 1.54) is 6.07 Å². The first-order valence-corrected chi connectivity index (χ1v) is 8.21. The number of fused-ring (bicyclic) bond motifs is 1. The maximum absolute atomic E-state index is 12.5. The van der Waals surface area contributed by atoms with Gasteiger partial charge < -0.3 is 10.3 Å². The molecular weight excluding hydrogens is 290 g/mol. The number of hydrogen-bond donors (Lipinski definition) is 2. The van der Waals surface area contributed by atoms with Crippen molar-refractivity contribution >= 4 is 16.8 Å². The molecule has 0 aliphatic carbocycles. The van der Waals surface area contributed by atoms with Gasteiger partial charge in [0.2, 0.25) is 5.56 Å². The highest BCUT2D eigenvalue weighted by Gasteiger charge is 2.23. The first-order valence-electron chi connectivity index (χ1n) is 8.21. The Bertz CT molecular complexity index is 766. The minimum absolute atomic E-state index is 0.0475. The van der Waals surface area contributed by atoms with Crippen molar-refractivity contribution in [3.8, 4) is 0 Å². The predicted molar refractivity (Wildman–Crippen MR) is 91.8 cm³/mol. The van der Waals surface area contributed by atoms with Crippen LogP contribution in [-0.2, 0) is 0 Å². The van der Waals surface area contributed by atoms with Gasteiger partial charge in [0.25, 0.3) is 5.91 Å². The Morgan fingerprint density at radius 3 is 2.91 bits per heavy atom. The van der Waals surface area contributed by atoms with E-state index in [2.05, 4.69) is 29.0 Å². The van der Waals surface area contributed by atoms with Crippen LogP contribution in [0.1, 0.15) is 37.0 Å². The zero-order valence-corrected chi connectivity index (χ0v) is 13.6. The highest BCUT2D eigenvalue weighted by Crippen LogP contribution is 2.15. The van der Waals surface area contributed by atoms with Crippen molar-refractivity contribution in [3.05, 3.63) is 46.2 Å². The van der Waals surface area contributed by atoms with Gasteiger partial charge >= 0.3 is 0 Å². The highest BCUT2D eigenvalue weighted by atomic mass is 16.1. The van der Waals surface area contributed by atoms with Crippen molar-refractivity contribution in [2.75, 3.05) is 13.1 Å². The van der Waals surface area contributed by atoms with E-state index < -0.39 is 0 Å². The maximum atomic E-state index is 12.5. The number of aromatic amines is 1. The summed E-state index contributed by atoms with van der Waals surface area (Å²) >= 11 is 0. The van der Waals surface area contributed by atoms with E-state index in [0.29, 0.717) is 11.6 Å². The van der Waals surface area contributed by atoms with Crippen molar-refractivity contribution in [1.29, 1.82) is 0 Å². The molecular formula is C18H23N3O2. The molecule has 1 fully saturated rings. The SMILES string of the molecule is CC(C)N1CCC[C@@H](NC(=O)c2ccc3[nH]c(=O)ccc3c2)C1. The average Bonchev–Trinajstić information content (AvgIpc) is 2.54. The summed E-state index contributed by atoms with van der Waals surface area (Å²) in [7, 11) is 0. The van der Waals surface area contributed by atoms with Gasteiger partial charge in [-0.2, -0.15) is 0 Å². The number of hydrogen-bond acceptors (Lipinski definition) is 3. The normalized spacial score (nSPS) is 19.2. The van der Waals surface area contributed by atoms with E-state index in [4.69, 9.17) is 0 Å². The van der Waals surface area contributed by atoms with Crippen LogP contribution in [0.25, 0.3) is 10.9 Å². The lowest BCUT2D eigenvalue weighted by molar-refractivity contribution is 0.0886. The maximum Gasteiger partial charge on any atom is 0.251 e. The molecule has 3 rings (SSSR count). The molecule has 2 aromatic rings. The fraction of sp³-hybridized carbons (Fsp3) is 0.444. The van der Waals surface area contributed by atoms with Crippen molar-refractivity contribution < 1.29 is 4.79 Å². The molecule has 1 atom stereocenters. The van der Waals surface area contributed by atoms with Crippen LogP contribution in [0.4, 0.5) is 0 Å². The van der Waals surface area contributed by atoms with E-state index in [1.54, 1.807) is 18.2 Å². The van der Waals surface area contributed by atoms with Gasteiger partial charge in [-0.25, -0.2) is 0 Å². The van der Waals surface area contributed by atoms with E-state index in [0.717, 1.165) is 36.8 Å². The van der Waals surface area contributed by atoms with Crippen LogP contribution >= 0.6 is 0 Å². The van der Waals surface area contributed by atoms with Crippen LogP contribution in [-0.4, -0.2) is 41.0 Å². The lowest BCUT2D eigenvalue weighted by Crippen LogP contribution is -2.49. The quantitative estimate of drug-likeness (QED) is 0.912. The molecule has 5 heteroatoms. The summed E-state index contributed by atoms with van der Waals surface area (Å²) in [5, 5.41) is 4.01. The molecule has 1 aliphatic heterocycles. The number of H-pyrrole nitrogens is 1. The Kier molecular flexibility index (Phi) is 4.48. The summed E-state index contributed by atoms with van der Waals surface area (Å²) in [6.07, 6.45) is 2.14. The summed E-state index contributed by atoms with van der Waals surface area (Å²) in [5.74, 6) is -0.0475. The first kappa shape index (κ1) is 15.7. The van der Waals surface area contributed by atoms with E-state index in [-0.39, 0.29) is 17.5 Å². The summed E-state index contributed by atoms with van der Waals surface area (Å²) in [6.45, 7) is 6.39. The third kappa shape index (κ3) is 3.62. The molecule has 0 saturated carbocycles. The molecule has 1 amide bonds. The summed E-state index contributed by atoms with van der Waals surface area (Å²) in [5.41, 5.74) is 1.25. The van der Waals surface area contributed by atoms with Crippen LogP contribution in [0.3, 0.4) is 0 Å². The molecule has 2 N–H and O–H groups in total. The molecule has 1 aromatic carbocycles. The molecule has 5 nitrogen and oxygen atoms in total. The predicted octanol–water partition coefficient (Wildman–Crippen LogP) is 2.13. The van der Waals surface area contributed by atoms with E-state index >= 15 is 0 Å². The molecule has 0 spiro atoms. The van der Waals surface area contributed by atoms with Gasteiger partial charge in [0.1, 0.15) is 0 Å². The minimum Gasteiger partial charge on any atom is -0.348 e. The van der Waals surface area contributed by atoms with Gasteiger partial charge in [0.05, 0.1) is 0 Å². The minimum atomic E-state index is -0.134. The molecule has 1 aliphatic rings. The summed E-state index contributed by atoms with van der Waals surface area (Å²) in [4.78, 5) is 29.0. The summed E-state index contributed by atoms with van der Waals surface area (Å²) in [6, 6.07) is 9.29. The van der Waals surface area contributed by atoms with Crippen LogP contribution < -0.4 is 10.9 Å². The number of carbonyl (C=O) groups excluding carboxylic acids is 1. The third-order valence-electron chi connectivity index (χ3n) is 4.50. The van der Waals surface area contributed by atoms with Gasteiger partial charge in [-0.3, -0.25) is 14.5 Å². The second-order valence-electron chi connectivity index (χ2n) is 6.53. The number of nitrogens with zero attached hydrogens (tertiary/aromatic N) is 1. The van der Waals surface area contributed by atoms with E-state index in [1.807, 2.05) is 6.07 Å². The Labute approximate surface area is 135 Å². The van der Waals surface area contributed by atoms with Crippen molar-refractivity contribution in [2.24, 2.45) is 0 Å². The monoisotopic (exact) mass is 313 g/mol. The molecule has 2 heterocycles. The standard InChI is InChI=1S/C18H23N3O2/c1-12(2)21-9-3-4-15(11-21)19-18(23)14-5-7-16-13(10-14)6-8-17(22)20-16/h5-8,10,12,15H,3-4,9,11H2,1-2H3,(H,19,23)(H,20,22)/t15-/m1/s1. The second kappa shape index (κ2) is 6.54. The van der Waals surface area contributed by atoms with Crippen molar-refractivity contribution in [1.82, 2.24) is 15.2 Å². The number of likely N-dealkylation sites (tertiary alicyclic amines) is 1. The lowest BCUT2D eigenvalue weighted by Gasteiger charge is -2.35. The smallest absolute Gasteiger partial charge is 0.251 e. The highest BCUT2D eigenvalue weighted by molar-refractivity contribution is 5.98. The van der Waals surface area contributed by atoms with Gasteiger partial charge in [0, 0.05) is 35.8 Å². The van der Waals surface area contributed by atoms with Gasteiger partial charge in [-0.15, -0.1) is 0 Å². The molecule has 0 radical (unpaired) electrons. The Morgan fingerprint density at radius 2 is 2.13 bits per heavy atom. The third-order valence-corrected chi connectivity index (χ3v) is 4.50. The molecule has 122 valence electrons. The van der Waals surface area contributed by atoms with Crippen molar-refractivity contribution in [3.63, 3.8) is 0 Å². The number of piperidine rings is 1. The van der Waals surface area contributed by atoms with Crippen LogP contribution in [0.2, 0.25) is 0 Å². The van der Waals surface area contributed by atoms with Crippen molar-refractivity contribution in [2.45, 2.75) is 38.8 Å². The summed E-state index contributed by atoms with van der Waals surface area (Å²) < 4.78 is 0. The Balaban J connectivity index is 1.73. The molecule has 0 unspecified atom stereocenters. The van der Waals surface area contributed by atoms with Crippen LogP contribution in [0, 0.1) is 0 Å². The Hall–Kier alpha value is -2.14. The van der Waals surface area contributed by atoms with Crippen LogP contribution in [0.15, 0.2) is 35.1 Å². The zero-order chi connectivity index (χ0) is 16.4. The zero-order valence-electron chi connectivity index (χ0n) is 13.6. The van der Waals surface area contributed by atoms with Gasteiger partial charge in [0.15, 0.2) is 0 Å². The average molecular weight is 313 g/mol. The number of amides is 1. The number of nitrogens with one attached hydrogen (secondary N) is 2. The molecule has 23 heavy (non-hydrogen) atoms. The number of pyridine rings is 1. The fourth-order valence-electron chi connectivity index (χ4n) is 3.16. The number of carbonyl (C=O) groups is 1. The number of aromatic nitrogens is 1. The Morgan fingerprint density at radius 1 is 1.30 bits per heavy atom.